The lowest BCUT2D eigenvalue weighted by Crippen LogP contribution is -2.40. The van der Waals surface area contributed by atoms with Crippen molar-refractivity contribution in [3.05, 3.63) is 74.2 Å². The fourth-order valence-corrected chi connectivity index (χ4v) is 3.93. The van der Waals surface area contributed by atoms with Gasteiger partial charge >= 0.3 is 0 Å². The van der Waals surface area contributed by atoms with Crippen LogP contribution >= 0.6 is 34.8 Å². The standard InChI is InChI=1S/C21H24Cl3NO/c1-14(9-16-5-7-18(22)8-6-16)21(26,15(2)13-25(3)4)17-10-19(23)12-20(24)11-17/h5-12,15,26H,13H2,1-4H3/b14-9+. The van der Waals surface area contributed by atoms with Crippen LogP contribution in [0.4, 0.5) is 0 Å². The summed E-state index contributed by atoms with van der Waals surface area (Å²) in [5.41, 5.74) is 1.26. The molecule has 0 aliphatic rings. The van der Waals surface area contributed by atoms with E-state index in [-0.39, 0.29) is 5.92 Å². The van der Waals surface area contributed by atoms with Gasteiger partial charge < -0.3 is 10.0 Å². The number of nitrogens with zero attached hydrogens (tertiary/aromatic N) is 1. The van der Waals surface area contributed by atoms with E-state index in [2.05, 4.69) is 4.90 Å². The minimum Gasteiger partial charge on any atom is -0.380 e. The first-order valence-corrected chi connectivity index (χ1v) is 9.54. The van der Waals surface area contributed by atoms with Gasteiger partial charge in [0.2, 0.25) is 0 Å². The highest BCUT2D eigenvalue weighted by Gasteiger charge is 2.38. The Bertz CT molecular complexity index is 766. The van der Waals surface area contributed by atoms with E-state index in [0.717, 1.165) is 11.1 Å². The van der Waals surface area contributed by atoms with Crippen LogP contribution in [-0.2, 0) is 5.60 Å². The Morgan fingerprint density at radius 2 is 1.58 bits per heavy atom. The lowest BCUT2D eigenvalue weighted by atomic mass is 9.76. The molecule has 140 valence electrons. The van der Waals surface area contributed by atoms with Crippen molar-refractivity contribution in [2.75, 3.05) is 20.6 Å². The van der Waals surface area contributed by atoms with Crippen molar-refractivity contribution in [2.45, 2.75) is 19.4 Å². The molecule has 2 rings (SSSR count). The Kier molecular flexibility index (Phi) is 7.18. The summed E-state index contributed by atoms with van der Waals surface area (Å²) in [7, 11) is 3.97. The highest BCUT2D eigenvalue weighted by molar-refractivity contribution is 6.34. The summed E-state index contributed by atoms with van der Waals surface area (Å²) in [6.45, 7) is 4.65. The first-order chi connectivity index (χ1) is 12.1. The lowest BCUT2D eigenvalue weighted by Gasteiger charge is -2.37. The van der Waals surface area contributed by atoms with Crippen molar-refractivity contribution in [1.29, 1.82) is 0 Å². The van der Waals surface area contributed by atoms with Gasteiger partial charge in [-0.2, -0.15) is 0 Å². The summed E-state index contributed by atoms with van der Waals surface area (Å²) in [6.07, 6.45) is 1.97. The van der Waals surface area contributed by atoms with E-state index >= 15 is 0 Å². The van der Waals surface area contributed by atoms with Crippen molar-refractivity contribution in [3.63, 3.8) is 0 Å². The second-order valence-corrected chi connectivity index (χ2v) is 8.28. The molecular formula is C21H24Cl3NO. The molecule has 0 saturated heterocycles. The maximum Gasteiger partial charge on any atom is 0.115 e. The van der Waals surface area contributed by atoms with Crippen LogP contribution in [0.5, 0.6) is 0 Å². The second kappa shape index (κ2) is 8.77. The fraction of sp³-hybridized carbons (Fsp3) is 0.333. The number of halogens is 3. The monoisotopic (exact) mass is 411 g/mol. The second-order valence-electron chi connectivity index (χ2n) is 6.97. The summed E-state index contributed by atoms with van der Waals surface area (Å²) in [4.78, 5) is 2.05. The smallest absolute Gasteiger partial charge is 0.115 e. The Morgan fingerprint density at radius 1 is 1.04 bits per heavy atom. The maximum atomic E-state index is 11.8. The zero-order valence-corrected chi connectivity index (χ0v) is 17.7. The molecule has 0 heterocycles. The van der Waals surface area contributed by atoms with Crippen LogP contribution in [0.15, 0.2) is 48.0 Å². The van der Waals surface area contributed by atoms with E-state index < -0.39 is 5.60 Å². The molecule has 2 atom stereocenters. The average Bonchev–Trinajstić information content (AvgIpc) is 2.54. The number of hydrogen-bond acceptors (Lipinski definition) is 2. The number of hydrogen-bond donors (Lipinski definition) is 1. The van der Waals surface area contributed by atoms with Gasteiger partial charge in [0.05, 0.1) is 0 Å². The molecular weight excluding hydrogens is 389 g/mol. The molecule has 2 nitrogen and oxygen atoms in total. The van der Waals surface area contributed by atoms with Gasteiger partial charge in [0.1, 0.15) is 5.60 Å². The third kappa shape index (κ3) is 5.03. The van der Waals surface area contributed by atoms with E-state index in [1.165, 1.54) is 0 Å². The van der Waals surface area contributed by atoms with Crippen LogP contribution in [0.2, 0.25) is 15.1 Å². The van der Waals surface area contributed by atoms with E-state index in [4.69, 9.17) is 34.8 Å². The summed E-state index contributed by atoms with van der Waals surface area (Å²) in [5, 5.41) is 13.5. The minimum absolute atomic E-state index is 0.0874. The van der Waals surface area contributed by atoms with Gasteiger partial charge in [0.25, 0.3) is 0 Å². The molecule has 0 amide bonds. The highest BCUT2D eigenvalue weighted by atomic mass is 35.5. The lowest BCUT2D eigenvalue weighted by molar-refractivity contribution is 0.0105. The van der Waals surface area contributed by atoms with Gasteiger partial charge in [-0.25, -0.2) is 0 Å². The number of benzene rings is 2. The van der Waals surface area contributed by atoms with Crippen molar-refractivity contribution in [2.24, 2.45) is 5.92 Å². The maximum absolute atomic E-state index is 11.8. The highest BCUT2D eigenvalue weighted by Crippen LogP contribution is 2.40. The predicted octanol–water partition coefficient (Wildman–Crippen LogP) is 6.14. The van der Waals surface area contributed by atoms with E-state index in [9.17, 15) is 5.11 Å². The van der Waals surface area contributed by atoms with Crippen LogP contribution < -0.4 is 0 Å². The molecule has 26 heavy (non-hydrogen) atoms. The summed E-state index contributed by atoms with van der Waals surface area (Å²) >= 11 is 18.4. The summed E-state index contributed by atoms with van der Waals surface area (Å²) < 4.78 is 0. The van der Waals surface area contributed by atoms with Gasteiger partial charge in [-0.05, 0) is 68.1 Å². The van der Waals surface area contributed by atoms with E-state index in [1.54, 1.807) is 18.2 Å². The van der Waals surface area contributed by atoms with Crippen molar-refractivity contribution in [1.82, 2.24) is 4.90 Å². The molecule has 0 aliphatic heterocycles. The molecule has 2 unspecified atom stereocenters. The molecule has 0 radical (unpaired) electrons. The third-order valence-electron chi connectivity index (χ3n) is 4.51. The van der Waals surface area contributed by atoms with Crippen LogP contribution in [0.25, 0.3) is 6.08 Å². The zero-order chi connectivity index (χ0) is 19.5. The molecule has 0 bridgehead atoms. The van der Waals surface area contributed by atoms with Crippen molar-refractivity contribution in [3.8, 4) is 0 Å². The molecule has 5 heteroatoms. The first kappa shape index (κ1) is 21.3. The molecule has 1 N–H and O–H groups in total. The van der Waals surface area contributed by atoms with E-state index in [0.29, 0.717) is 27.2 Å². The van der Waals surface area contributed by atoms with Crippen molar-refractivity contribution < 1.29 is 5.11 Å². The van der Waals surface area contributed by atoms with Gasteiger partial charge in [0.15, 0.2) is 0 Å². The predicted molar refractivity (Wildman–Crippen MR) is 113 cm³/mol. The molecule has 0 saturated carbocycles. The van der Waals surface area contributed by atoms with Crippen molar-refractivity contribution >= 4 is 40.9 Å². The number of rotatable bonds is 6. The Labute approximate surface area is 171 Å². The Balaban J connectivity index is 2.57. The Hall–Kier alpha value is -1.03. The van der Waals surface area contributed by atoms with Gasteiger partial charge in [-0.3, -0.25) is 0 Å². The average molecular weight is 413 g/mol. The Morgan fingerprint density at radius 3 is 2.08 bits per heavy atom. The summed E-state index contributed by atoms with van der Waals surface area (Å²) in [5.74, 6) is -0.0874. The molecule has 2 aromatic rings. The summed E-state index contributed by atoms with van der Waals surface area (Å²) in [6, 6.07) is 12.7. The van der Waals surface area contributed by atoms with Gasteiger partial charge in [0, 0.05) is 27.5 Å². The number of aliphatic hydroxyl groups is 1. The molecule has 0 aliphatic carbocycles. The SMILES string of the molecule is C/C(=C\c1ccc(Cl)cc1)C(O)(c1cc(Cl)cc(Cl)c1)C(C)CN(C)C. The van der Waals surface area contributed by atoms with Crippen LogP contribution in [-0.4, -0.2) is 30.6 Å². The van der Waals surface area contributed by atoms with Crippen LogP contribution in [0, 0.1) is 5.92 Å². The third-order valence-corrected chi connectivity index (χ3v) is 5.20. The normalized spacial score (nSPS) is 15.8. The minimum atomic E-state index is -1.21. The fourth-order valence-electron chi connectivity index (χ4n) is 3.27. The van der Waals surface area contributed by atoms with E-state index in [1.807, 2.05) is 58.3 Å². The molecule has 0 aromatic heterocycles. The quantitative estimate of drug-likeness (QED) is 0.616. The van der Waals surface area contributed by atoms with Gasteiger partial charge in [-0.1, -0.05) is 59.9 Å². The van der Waals surface area contributed by atoms with Crippen LogP contribution in [0.3, 0.4) is 0 Å². The largest absolute Gasteiger partial charge is 0.380 e. The van der Waals surface area contributed by atoms with Gasteiger partial charge in [-0.15, -0.1) is 0 Å². The van der Waals surface area contributed by atoms with Crippen LogP contribution in [0.1, 0.15) is 25.0 Å². The first-order valence-electron chi connectivity index (χ1n) is 8.41. The topological polar surface area (TPSA) is 23.5 Å². The molecule has 2 aromatic carbocycles. The molecule has 0 fully saturated rings. The zero-order valence-electron chi connectivity index (χ0n) is 15.4. The molecule has 0 spiro atoms.